The molecule has 0 saturated carbocycles. The number of piperazine rings is 1. The number of amides is 3. The summed E-state index contributed by atoms with van der Waals surface area (Å²) in [6.45, 7) is 5.79. The molecule has 4 fully saturated rings. The number of nitrogens with one attached hydrogen (secondary N) is 1. The lowest BCUT2D eigenvalue weighted by Gasteiger charge is -2.45. The maximum Gasteiger partial charge on any atom is 0.418 e. The summed E-state index contributed by atoms with van der Waals surface area (Å²) in [6.07, 6.45) is -1.78. The van der Waals surface area contributed by atoms with Gasteiger partial charge < -0.3 is 25.6 Å². The number of halogens is 4. The third-order valence-corrected chi connectivity index (χ3v) is 11.9. The van der Waals surface area contributed by atoms with Crippen molar-refractivity contribution in [1.29, 1.82) is 0 Å². The molecule has 4 saturated heterocycles. The van der Waals surface area contributed by atoms with Crippen LogP contribution >= 0.6 is 11.6 Å². The van der Waals surface area contributed by atoms with E-state index in [4.69, 9.17) is 22.1 Å². The summed E-state index contributed by atoms with van der Waals surface area (Å²) < 4.78 is 47.4. The van der Waals surface area contributed by atoms with Gasteiger partial charge in [0.15, 0.2) is 6.10 Å². The molecule has 0 aliphatic carbocycles. The van der Waals surface area contributed by atoms with E-state index >= 15 is 0 Å². The number of carbonyl (C=O) groups is 3. The summed E-state index contributed by atoms with van der Waals surface area (Å²) >= 11 is 6.13. The largest absolute Gasteiger partial charge is 0.436 e. The maximum absolute atomic E-state index is 14.1. The van der Waals surface area contributed by atoms with Crippen molar-refractivity contribution in [1.82, 2.24) is 19.6 Å². The maximum atomic E-state index is 14.1. The van der Waals surface area contributed by atoms with Gasteiger partial charge in [-0.2, -0.15) is 13.2 Å². The number of nitrogens with two attached hydrogens (primary N) is 1. The highest BCUT2D eigenvalue weighted by molar-refractivity contribution is 6.33. The second kappa shape index (κ2) is 13.9. The number of nitrogens with zero attached hydrogens (tertiary/aromatic N) is 4. The number of carbonyl (C=O) groups excluding carboxylic acids is 3. The van der Waals surface area contributed by atoms with Crippen LogP contribution in [0.2, 0.25) is 5.02 Å². The second-order valence-electron chi connectivity index (χ2n) is 14.5. The minimum absolute atomic E-state index is 0.0738. The normalized spacial score (nSPS) is 23.7. The van der Waals surface area contributed by atoms with Crippen molar-refractivity contribution in [3.05, 3.63) is 58.1 Å². The first-order valence-electron chi connectivity index (χ1n) is 17.7. The SMILES string of the molecule is Nc1c(Cl)cc(C[C@@H](OC(=O)N2CCC3(CC2)CC(=O)Nc2ccccc23)C(=O)N2CCC(N3CCN4CCCC4C3)CC2)cc1C(F)(F)F. The molecule has 0 radical (unpaired) electrons. The van der Waals surface area contributed by atoms with Crippen molar-refractivity contribution in [3.8, 4) is 0 Å². The number of piperidine rings is 2. The van der Waals surface area contributed by atoms with Crippen LogP contribution < -0.4 is 11.1 Å². The topological polar surface area (TPSA) is 111 Å². The fourth-order valence-corrected chi connectivity index (χ4v) is 9.07. The molecule has 2 aromatic rings. The molecule has 1 spiro atoms. The molecule has 0 bridgehead atoms. The first kappa shape index (κ1) is 34.9. The van der Waals surface area contributed by atoms with Gasteiger partial charge in [-0.25, -0.2) is 4.79 Å². The van der Waals surface area contributed by atoms with Gasteiger partial charge in [0.25, 0.3) is 5.91 Å². The van der Waals surface area contributed by atoms with Crippen LogP contribution in [0.1, 0.15) is 61.6 Å². The van der Waals surface area contributed by atoms with Crippen LogP contribution in [0, 0.1) is 0 Å². The fraction of sp³-hybridized carbons (Fsp3) is 0.583. The standard InChI is InChI=1S/C36H44ClF3N6O4/c37-28-19-23(18-27(32(28)41)36(38,39)40)20-30(33(48)44-12-7-24(8-13-44)46-17-16-43-11-3-4-25(43)22-46)50-34(49)45-14-9-35(10-15-45)21-31(47)42-29-6-2-1-5-26(29)35/h1-2,5-6,18-19,24-25,30H,3-4,7-17,20-22,41H2,(H,42,47)/t25?,30-/m1/s1. The molecule has 10 nitrogen and oxygen atoms in total. The smallest absolute Gasteiger partial charge is 0.418 e. The number of rotatable bonds is 5. The van der Waals surface area contributed by atoms with Crippen molar-refractivity contribution in [2.24, 2.45) is 0 Å². The summed E-state index contributed by atoms with van der Waals surface area (Å²) in [7, 11) is 0. The Bertz CT molecular complexity index is 1630. The van der Waals surface area contributed by atoms with E-state index in [9.17, 15) is 27.6 Å². The van der Waals surface area contributed by atoms with Gasteiger partial charge in [-0.1, -0.05) is 29.8 Å². The van der Waals surface area contributed by atoms with Gasteiger partial charge >= 0.3 is 12.3 Å². The zero-order valence-corrected chi connectivity index (χ0v) is 28.8. The third-order valence-electron chi connectivity index (χ3n) is 11.6. The predicted molar refractivity (Wildman–Crippen MR) is 183 cm³/mol. The Balaban J connectivity index is 1.05. The van der Waals surface area contributed by atoms with Gasteiger partial charge in [0.2, 0.25) is 5.91 Å². The number of hydrogen-bond acceptors (Lipinski definition) is 7. The predicted octanol–water partition coefficient (Wildman–Crippen LogP) is 5.14. The number of likely N-dealkylation sites (tertiary alicyclic amines) is 2. The Morgan fingerprint density at radius 2 is 1.68 bits per heavy atom. The molecular weight excluding hydrogens is 673 g/mol. The number of anilines is 2. The Morgan fingerprint density at radius 3 is 2.42 bits per heavy atom. The lowest BCUT2D eigenvalue weighted by Crippen LogP contribution is -2.56. The van der Waals surface area contributed by atoms with Gasteiger partial charge in [0, 0.05) is 81.8 Å². The van der Waals surface area contributed by atoms with Crippen molar-refractivity contribution in [2.75, 3.05) is 63.4 Å². The van der Waals surface area contributed by atoms with E-state index in [1.807, 2.05) is 24.3 Å². The molecule has 0 aromatic heterocycles. The summed E-state index contributed by atoms with van der Waals surface area (Å²) in [6, 6.07) is 10.8. The highest BCUT2D eigenvalue weighted by Gasteiger charge is 2.44. The van der Waals surface area contributed by atoms with Crippen molar-refractivity contribution in [2.45, 2.75) is 81.1 Å². The fourth-order valence-electron chi connectivity index (χ4n) is 8.83. The first-order chi connectivity index (χ1) is 23.9. The van der Waals surface area contributed by atoms with Crippen LogP contribution in [0.25, 0.3) is 0 Å². The Hall–Kier alpha value is -3.55. The van der Waals surface area contributed by atoms with Crippen molar-refractivity contribution in [3.63, 3.8) is 0 Å². The molecule has 2 aromatic carbocycles. The third kappa shape index (κ3) is 7.01. The average Bonchev–Trinajstić information content (AvgIpc) is 3.57. The Labute approximate surface area is 295 Å². The van der Waals surface area contributed by atoms with Crippen LogP contribution in [-0.4, -0.2) is 108 Å². The molecular formula is C36H44ClF3N6O4. The molecule has 5 aliphatic rings. The quantitative estimate of drug-likeness (QED) is 0.413. The van der Waals surface area contributed by atoms with E-state index in [1.54, 1.807) is 4.90 Å². The van der Waals surface area contributed by atoms with Gasteiger partial charge in [-0.15, -0.1) is 0 Å². The van der Waals surface area contributed by atoms with Crippen LogP contribution in [-0.2, 0) is 32.3 Å². The number of hydrogen-bond donors (Lipinski definition) is 2. The van der Waals surface area contributed by atoms with Crippen LogP contribution in [0.15, 0.2) is 36.4 Å². The summed E-state index contributed by atoms with van der Waals surface area (Å²) in [5.74, 6) is -0.513. The molecule has 270 valence electrons. The minimum Gasteiger partial charge on any atom is -0.436 e. The van der Waals surface area contributed by atoms with Crippen molar-refractivity contribution < 1.29 is 32.3 Å². The number of alkyl halides is 3. The van der Waals surface area contributed by atoms with Gasteiger partial charge in [0.1, 0.15) is 0 Å². The zero-order chi connectivity index (χ0) is 35.2. The molecule has 2 atom stereocenters. The number of benzene rings is 2. The van der Waals surface area contributed by atoms with E-state index in [2.05, 4.69) is 15.1 Å². The van der Waals surface area contributed by atoms with Crippen LogP contribution in [0.4, 0.5) is 29.3 Å². The van der Waals surface area contributed by atoms with E-state index in [-0.39, 0.29) is 22.9 Å². The molecule has 14 heteroatoms. The van der Waals surface area contributed by atoms with Gasteiger partial charge in [0.05, 0.1) is 16.3 Å². The van der Waals surface area contributed by atoms with Gasteiger partial charge in [-0.3, -0.25) is 19.4 Å². The highest BCUT2D eigenvalue weighted by Crippen LogP contribution is 2.45. The number of nitrogen functional groups attached to an aromatic ring is 1. The highest BCUT2D eigenvalue weighted by atomic mass is 35.5. The Kier molecular flexibility index (Phi) is 9.68. The molecule has 1 unspecified atom stereocenters. The summed E-state index contributed by atoms with van der Waals surface area (Å²) in [5, 5.41) is 2.65. The number of fused-ring (bicyclic) bond motifs is 3. The van der Waals surface area contributed by atoms with Crippen LogP contribution in [0.5, 0.6) is 0 Å². The number of para-hydroxylation sites is 1. The van der Waals surface area contributed by atoms with Gasteiger partial charge in [-0.05, 0) is 74.4 Å². The molecule has 5 heterocycles. The van der Waals surface area contributed by atoms with Crippen molar-refractivity contribution >= 4 is 40.9 Å². The second-order valence-corrected chi connectivity index (χ2v) is 14.9. The molecule has 3 N–H and O–H groups in total. The Morgan fingerprint density at radius 1 is 0.960 bits per heavy atom. The monoisotopic (exact) mass is 716 g/mol. The molecule has 50 heavy (non-hydrogen) atoms. The lowest BCUT2D eigenvalue weighted by atomic mass is 9.68. The lowest BCUT2D eigenvalue weighted by molar-refractivity contribution is -0.142. The van der Waals surface area contributed by atoms with E-state index in [0.29, 0.717) is 57.5 Å². The first-order valence-corrected chi connectivity index (χ1v) is 18.0. The zero-order valence-electron chi connectivity index (χ0n) is 28.0. The molecule has 7 rings (SSSR count). The summed E-state index contributed by atoms with van der Waals surface area (Å²) in [4.78, 5) is 48.7. The summed E-state index contributed by atoms with van der Waals surface area (Å²) in [5.41, 5.74) is 5.46. The van der Waals surface area contributed by atoms with E-state index in [0.717, 1.165) is 49.8 Å². The number of ether oxygens (including phenoxy) is 1. The van der Waals surface area contributed by atoms with E-state index < -0.39 is 40.9 Å². The minimum atomic E-state index is -4.76. The average molecular weight is 717 g/mol. The molecule has 5 aliphatic heterocycles. The van der Waals surface area contributed by atoms with E-state index in [1.165, 1.54) is 30.4 Å². The van der Waals surface area contributed by atoms with Crippen LogP contribution in [0.3, 0.4) is 0 Å². The molecule has 3 amide bonds.